The van der Waals surface area contributed by atoms with E-state index in [2.05, 4.69) is 25.9 Å². The van der Waals surface area contributed by atoms with E-state index in [1.54, 1.807) is 24.3 Å². The van der Waals surface area contributed by atoms with E-state index in [1.807, 2.05) is 26.8 Å². The molecule has 3 N–H and O–H groups in total. The number of para-hydroxylation sites is 1. The number of aromatic nitrogens is 2. The number of nitrogens with zero attached hydrogens (tertiary/aromatic N) is 2. The molecule has 0 radical (unpaired) electrons. The van der Waals surface area contributed by atoms with Gasteiger partial charge in [-0.1, -0.05) is 32.0 Å². The lowest BCUT2D eigenvalue weighted by Gasteiger charge is -2.17. The van der Waals surface area contributed by atoms with Crippen LogP contribution in [0.2, 0.25) is 0 Å². The molecule has 0 aliphatic heterocycles. The first-order valence-electron chi connectivity index (χ1n) is 10.2. The number of anilines is 4. The van der Waals surface area contributed by atoms with Crippen LogP contribution >= 0.6 is 0 Å². The highest BCUT2D eigenvalue weighted by Crippen LogP contribution is 2.36. The third kappa shape index (κ3) is 6.34. The molecule has 0 saturated heterocycles. The predicted octanol–water partition coefficient (Wildman–Crippen LogP) is 5.69. The van der Waals surface area contributed by atoms with E-state index >= 15 is 0 Å². The van der Waals surface area contributed by atoms with Gasteiger partial charge in [-0.3, -0.25) is 4.79 Å². The number of nitrogens with one attached hydrogen (secondary N) is 3. The van der Waals surface area contributed by atoms with Crippen molar-refractivity contribution in [3.63, 3.8) is 0 Å². The Bertz CT molecular complexity index is 1100. The summed E-state index contributed by atoms with van der Waals surface area (Å²) < 4.78 is 46.0. The largest absolute Gasteiger partial charge is 0.495 e. The quantitative estimate of drug-likeness (QED) is 0.437. The summed E-state index contributed by atoms with van der Waals surface area (Å²) in [5.74, 6) is -0.529. The molecular formula is C23H26F3N5O2. The number of amides is 1. The lowest BCUT2D eigenvalue weighted by molar-refractivity contribution is -0.137. The first-order chi connectivity index (χ1) is 15.7. The van der Waals surface area contributed by atoms with Gasteiger partial charge in [-0.25, -0.2) is 4.98 Å². The average Bonchev–Trinajstić information content (AvgIpc) is 2.80. The van der Waals surface area contributed by atoms with Gasteiger partial charge >= 0.3 is 6.18 Å². The van der Waals surface area contributed by atoms with Gasteiger partial charge < -0.3 is 20.7 Å². The lowest BCUT2D eigenvalue weighted by Crippen LogP contribution is -2.20. The molecule has 0 aliphatic rings. The van der Waals surface area contributed by atoms with E-state index in [1.165, 1.54) is 26.3 Å². The summed E-state index contributed by atoms with van der Waals surface area (Å²) in [6.07, 6.45) is -4.02. The minimum Gasteiger partial charge on any atom is -0.495 e. The molecular weight excluding hydrogens is 435 g/mol. The molecule has 1 heterocycles. The number of ether oxygens (including phenoxy) is 1. The zero-order chi connectivity index (χ0) is 24.6. The Balaban J connectivity index is 0.00000187. The van der Waals surface area contributed by atoms with Crippen LogP contribution < -0.4 is 20.7 Å². The topological polar surface area (TPSA) is 88.2 Å². The van der Waals surface area contributed by atoms with Crippen LogP contribution in [0.25, 0.3) is 0 Å². The van der Waals surface area contributed by atoms with Crippen molar-refractivity contribution in [3.8, 4) is 5.75 Å². The molecule has 7 nitrogen and oxygen atoms in total. The van der Waals surface area contributed by atoms with Crippen LogP contribution in [0.15, 0.2) is 48.7 Å². The summed E-state index contributed by atoms with van der Waals surface area (Å²) in [6, 6.07) is 11.5. The van der Waals surface area contributed by atoms with Gasteiger partial charge in [0.1, 0.15) is 17.1 Å². The maximum atomic E-state index is 13.6. The third-order valence-corrected chi connectivity index (χ3v) is 4.35. The zero-order valence-corrected chi connectivity index (χ0v) is 19.0. The number of aryl methyl sites for hydroxylation is 1. The number of hydrogen-bond donors (Lipinski definition) is 3. The van der Waals surface area contributed by atoms with E-state index in [0.717, 1.165) is 5.56 Å². The summed E-state index contributed by atoms with van der Waals surface area (Å²) in [6.45, 7) is 5.88. The number of benzene rings is 2. The van der Waals surface area contributed by atoms with Gasteiger partial charge in [-0.05, 0) is 36.8 Å². The van der Waals surface area contributed by atoms with Crippen LogP contribution in [0.1, 0.15) is 35.3 Å². The molecule has 0 atom stereocenters. The molecule has 1 amide bonds. The van der Waals surface area contributed by atoms with Crippen molar-refractivity contribution in [3.05, 3.63) is 65.4 Å². The van der Waals surface area contributed by atoms with Gasteiger partial charge in [0.15, 0.2) is 0 Å². The third-order valence-electron chi connectivity index (χ3n) is 4.35. The maximum Gasteiger partial charge on any atom is 0.421 e. The SMILES string of the molecule is CC.CNC(=O)c1ccccc1Nc1nc(Nc2ccc(C)cc2OC)ncc1C(F)(F)F. The van der Waals surface area contributed by atoms with Gasteiger partial charge in [-0.15, -0.1) is 0 Å². The number of alkyl halides is 3. The van der Waals surface area contributed by atoms with E-state index in [9.17, 15) is 18.0 Å². The van der Waals surface area contributed by atoms with Crippen molar-refractivity contribution in [2.45, 2.75) is 26.9 Å². The first kappa shape index (κ1) is 25.4. The summed E-state index contributed by atoms with van der Waals surface area (Å²) in [5, 5.41) is 7.95. The number of halogens is 3. The maximum absolute atomic E-state index is 13.6. The molecule has 33 heavy (non-hydrogen) atoms. The number of methoxy groups -OCH3 is 1. The van der Waals surface area contributed by atoms with Crippen LogP contribution in [-0.4, -0.2) is 30.0 Å². The fourth-order valence-electron chi connectivity index (χ4n) is 2.82. The van der Waals surface area contributed by atoms with Crippen LogP contribution in [0, 0.1) is 6.92 Å². The number of carbonyl (C=O) groups is 1. The molecule has 2 aromatic carbocycles. The fourth-order valence-corrected chi connectivity index (χ4v) is 2.82. The number of carbonyl (C=O) groups excluding carboxylic acids is 1. The van der Waals surface area contributed by atoms with Crippen molar-refractivity contribution in [1.29, 1.82) is 0 Å². The monoisotopic (exact) mass is 461 g/mol. The molecule has 3 rings (SSSR count). The van der Waals surface area contributed by atoms with Gasteiger partial charge in [0.25, 0.3) is 5.91 Å². The summed E-state index contributed by atoms with van der Waals surface area (Å²) >= 11 is 0. The van der Waals surface area contributed by atoms with Crippen molar-refractivity contribution in [2.24, 2.45) is 0 Å². The normalized spacial score (nSPS) is 10.5. The second-order valence-corrected chi connectivity index (χ2v) is 6.53. The number of hydrogen-bond acceptors (Lipinski definition) is 6. The zero-order valence-electron chi connectivity index (χ0n) is 19.0. The highest BCUT2D eigenvalue weighted by molar-refractivity contribution is 6.00. The van der Waals surface area contributed by atoms with Crippen LogP contribution in [0.5, 0.6) is 5.75 Å². The Labute approximate surface area is 190 Å². The predicted molar refractivity (Wildman–Crippen MR) is 123 cm³/mol. The van der Waals surface area contributed by atoms with Crippen molar-refractivity contribution >= 4 is 29.0 Å². The summed E-state index contributed by atoms with van der Waals surface area (Å²) in [4.78, 5) is 19.9. The van der Waals surface area contributed by atoms with Crippen LogP contribution in [-0.2, 0) is 6.18 Å². The molecule has 0 unspecified atom stereocenters. The first-order valence-corrected chi connectivity index (χ1v) is 10.2. The second-order valence-electron chi connectivity index (χ2n) is 6.53. The van der Waals surface area contributed by atoms with Gasteiger partial charge in [0.05, 0.1) is 24.0 Å². The smallest absolute Gasteiger partial charge is 0.421 e. The van der Waals surface area contributed by atoms with Gasteiger partial charge in [-0.2, -0.15) is 18.2 Å². The van der Waals surface area contributed by atoms with E-state index in [0.29, 0.717) is 17.6 Å². The molecule has 3 aromatic rings. The van der Waals surface area contributed by atoms with Crippen molar-refractivity contribution < 1.29 is 22.7 Å². The Morgan fingerprint density at radius 3 is 2.36 bits per heavy atom. The van der Waals surface area contributed by atoms with Crippen LogP contribution in [0.4, 0.5) is 36.3 Å². The van der Waals surface area contributed by atoms with Crippen LogP contribution in [0.3, 0.4) is 0 Å². The van der Waals surface area contributed by atoms with Crippen molar-refractivity contribution in [1.82, 2.24) is 15.3 Å². The molecule has 1 aromatic heterocycles. The Morgan fingerprint density at radius 1 is 1.03 bits per heavy atom. The van der Waals surface area contributed by atoms with Crippen molar-refractivity contribution in [2.75, 3.05) is 24.8 Å². The standard InChI is InChI=1S/C21H20F3N5O2.C2H6/c1-12-8-9-16(17(10-12)31-3)28-20-26-11-14(21(22,23)24)18(29-20)27-15-7-5-4-6-13(15)19(30)25-2;1-2/h4-11H,1-3H3,(H,25,30)(H2,26,27,28,29);1-2H3. The molecule has 176 valence electrons. The minimum absolute atomic E-state index is 0.0740. The van der Waals surface area contributed by atoms with Gasteiger partial charge in [0, 0.05) is 13.2 Å². The molecule has 10 heteroatoms. The van der Waals surface area contributed by atoms with Gasteiger partial charge in [0.2, 0.25) is 5.95 Å². The van der Waals surface area contributed by atoms with E-state index in [-0.39, 0.29) is 17.2 Å². The highest BCUT2D eigenvalue weighted by Gasteiger charge is 2.35. The summed E-state index contributed by atoms with van der Waals surface area (Å²) in [5.41, 5.74) is 0.713. The molecule has 0 saturated carbocycles. The lowest BCUT2D eigenvalue weighted by atomic mass is 10.1. The Kier molecular flexibility index (Phi) is 8.61. The molecule has 0 fully saturated rings. The molecule has 0 aliphatic carbocycles. The molecule has 0 spiro atoms. The Hall–Kier alpha value is -3.82. The molecule has 0 bridgehead atoms. The average molecular weight is 461 g/mol. The Morgan fingerprint density at radius 2 is 1.73 bits per heavy atom. The van der Waals surface area contributed by atoms with E-state index in [4.69, 9.17) is 4.74 Å². The fraction of sp³-hybridized carbons (Fsp3) is 0.261. The summed E-state index contributed by atoms with van der Waals surface area (Å²) in [7, 11) is 2.91. The minimum atomic E-state index is -4.70. The second kappa shape index (κ2) is 11.2. The number of rotatable bonds is 6. The highest BCUT2D eigenvalue weighted by atomic mass is 19.4. The van der Waals surface area contributed by atoms with E-state index < -0.39 is 23.5 Å².